The number of aliphatic imine (C=N–C) groups is 1. The summed E-state index contributed by atoms with van der Waals surface area (Å²) in [6.45, 7) is 4.20. The molecule has 1 aromatic carbocycles. The molecule has 1 fully saturated rings. The summed E-state index contributed by atoms with van der Waals surface area (Å²) in [6, 6.07) is 9.10. The van der Waals surface area contributed by atoms with Crippen LogP contribution in [0.5, 0.6) is 0 Å². The molecule has 1 aliphatic heterocycles. The molecule has 1 saturated heterocycles. The van der Waals surface area contributed by atoms with Gasteiger partial charge in [0.1, 0.15) is 17.6 Å². The van der Waals surface area contributed by atoms with Gasteiger partial charge in [-0.2, -0.15) is 0 Å². The summed E-state index contributed by atoms with van der Waals surface area (Å²) in [5.74, 6) is -1.12. The minimum atomic E-state index is -0.620. The molecule has 38 heavy (non-hydrogen) atoms. The Morgan fingerprint density at radius 1 is 1.16 bits per heavy atom. The van der Waals surface area contributed by atoms with Gasteiger partial charge < -0.3 is 32.2 Å². The number of carbonyl (C=O) groups excluding carboxylic acids is 3. The summed E-state index contributed by atoms with van der Waals surface area (Å²) < 4.78 is 20.3. The van der Waals surface area contributed by atoms with Crippen LogP contribution in [0.25, 0.3) is 11.3 Å². The van der Waals surface area contributed by atoms with Crippen LogP contribution in [0.15, 0.2) is 41.4 Å². The number of hydrogen-bond donors (Lipinski definition) is 5. The lowest BCUT2D eigenvalue weighted by Gasteiger charge is -2.14. The summed E-state index contributed by atoms with van der Waals surface area (Å²) in [4.78, 5) is 45.4. The van der Waals surface area contributed by atoms with Crippen LogP contribution in [0.2, 0.25) is 0 Å². The van der Waals surface area contributed by atoms with E-state index in [4.69, 9.17) is 16.2 Å². The maximum Gasteiger partial charge on any atom is 0.414 e. The third-order valence-corrected chi connectivity index (χ3v) is 5.60. The van der Waals surface area contributed by atoms with E-state index in [1.807, 2.05) is 0 Å². The standard InChI is InChI=1S/C25H33FN8O4/c1-16(35)32-14-18-15-34(25(37)38-18)17-7-8-19(20(26)13-17)21-5-2-6-22(33-21)23(36)30-11-3-9-29-10-4-12-31-24(27)28/h2,5-8,13,18,29H,3-4,9-12,14-15H2,1H3,(H,30,36)(H,32,35)(H4,27,28,31)/t18-/m0/s1. The molecule has 0 radical (unpaired) electrons. The fourth-order valence-electron chi connectivity index (χ4n) is 3.73. The minimum Gasteiger partial charge on any atom is -0.442 e. The van der Waals surface area contributed by atoms with E-state index in [-0.39, 0.29) is 47.8 Å². The van der Waals surface area contributed by atoms with Crippen LogP contribution >= 0.6 is 0 Å². The Balaban J connectivity index is 1.52. The van der Waals surface area contributed by atoms with Crippen LogP contribution in [0.1, 0.15) is 30.3 Å². The fourth-order valence-corrected chi connectivity index (χ4v) is 3.73. The first-order chi connectivity index (χ1) is 18.2. The first-order valence-corrected chi connectivity index (χ1v) is 12.3. The molecular weight excluding hydrogens is 495 g/mol. The number of ether oxygens (including phenoxy) is 1. The summed E-state index contributed by atoms with van der Waals surface area (Å²) in [6.07, 6.45) is 0.372. The summed E-state index contributed by atoms with van der Waals surface area (Å²) in [5, 5.41) is 8.64. The normalized spacial score (nSPS) is 14.6. The van der Waals surface area contributed by atoms with Crippen molar-refractivity contribution >= 4 is 29.6 Å². The number of rotatable bonds is 13. The lowest BCUT2D eigenvalue weighted by atomic mass is 10.1. The van der Waals surface area contributed by atoms with E-state index < -0.39 is 18.0 Å². The summed E-state index contributed by atoms with van der Waals surface area (Å²) >= 11 is 0. The van der Waals surface area contributed by atoms with Gasteiger partial charge in [-0.25, -0.2) is 14.2 Å². The minimum absolute atomic E-state index is 0.0769. The van der Waals surface area contributed by atoms with Gasteiger partial charge in [-0.05, 0) is 56.3 Å². The second kappa shape index (κ2) is 13.9. The average Bonchev–Trinajstić information content (AvgIpc) is 3.26. The van der Waals surface area contributed by atoms with E-state index in [1.54, 1.807) is 24.3 Å². The molecule has 0 unspecified atom stereocenters. The molecule has 0 aliphatic carbocycles. The zero-order chi connectivity index (χ0) is 27.5. The molecule has 0 spiro atoms. The highest BCUT2D eigenvalue weighted by Crippen LogP contribution is 2.28. The first kappa shape index (κ1) is 28.3. The van der Waals surface area contributed by atoms with Gasteiger partial charge in [-0.3, -0.25) is 19.5 Å². The number of pyridine rings is 1. The molecule has 204 valence electrons. The Bertz CT molecular complexity index is 1170. The van der Waals surface area contributed by atoms with E-state index in [2.05, 4.69) is 25.9 Å². The number of amides is 3. The number of hydrogen-bond acceptors (Lipinski definition) is 7. The highest BCUT2D eigenvalue weighted by Gasteiger charge is 2.32. The van der Waals surface area contributed by atoms with E-state index in [1.165, 1.54) is 24.0 Å². The molecule has 1 aromatic heterocycles. The number of benzene rings is 1. The van der Waals surface area contributed by atoms with Gasteiger partial charge in [0.15, 0.2) is 5.96 Å². The molecule has 3 amide bonds. The van der Waals surface area contributed by atoms with Crippen molar-refractivity contribution in [3.8, 4) is 11.3 Å². The maximum absolute atomic E-state index is 15.0. The largest absolute Gasteiger partial charge is 0.442 e. The Morgan fingerprint density at radius 2 is 1.95 bits per heavy atom. The third-order valence-electron chi connectivity index (χ3n) is 5.60. The number of anilines is 1. The number of guanidine groups is 1. The maximum atomic E-state index is 15.0. The Labute approximate surface area is 220 Å². The van der Waals surface area contributed by atoms with Gasteiger partial charge >= 0.3 is 6.09 Å². The highest BCUT2D eigenvalue weighted by atomic mass is 19.1. The molecule has 2 aromatic rings. The van der Waals surface area contributed by atoms with Crippen molar-refractivity contribution in [2.45, 2.75) is 25.9 Å². The lowest BCUT2D eigenvalue weighted by molar-refractivity contribution is -0.119. The van der Waals surface area contributed by atoms with E-state index in [0.29, 0.717) is 31.7 Å². The predicted molar refractivity (Wildman–Crippen MR) is 141 cm³/mol. The molecule has 7 N–H and O–H groups in total. The zero-order valence-corrected chi connectivity index (χ0v) is 21.2. The Kier molecular flexibility index (Phi) is 10.3. The molecule has 0 saturated carbocycles. The van der Waals surface area contributed by atoms with Crippen molar-refractivity contribution in [2.75, 3.05) is 44.2 Å². The smallest absolute Gasteiger partial charge is 0.414 e. The van der Waals surface area contributed by atoms with Crippen LogP contribution in [-0.4, -0.2) is 74.2 Å². The first-order valence-electron chi connectivity index (χ1n) is 12.3. The number of nitrogens with one attached hydrogen (secondary N) is 3. The Hall–Kier alpha value is -4.26. The van der Waals surface area contributed by atoms with Crippen molar-refractivity contribution < 1.29 is 23.5 Å². The van der Waals surface area contributed by atoms with Crippen molar-refractivity contribution in [3.63, 3.8) is 0 Å². The summed E-state index contributed by atoms with van der Waals surface area (Å²) in [5.41, 5.74) is 11.5. The van der Waals surface area contributed by atoms with Crippen LogP contribution in [0, 0.1) is 5.82 Å². The monoisotopic (exact) mass is 528 g/mol. The van der Waals surface area contributed by atoms with Gasteiger partial charge in [0, 0.05) is 25.6 Å². The summed E-state index contributed by atoms with van der Waals surface area (Å²) in [7, 11) is 0. The second-order valence-corrected chi connectivity index (χ2v) is 8.65. The number of carbonyl (C=O) groups is 3. The van der Waals surface area contributed by atoms with Crippen LogP contribution in [-0.2, 0) is 9.53 Å². The SMILES string of the molecule is CC(=O)NC[C@H]1CN(c2ccc(-c3cccc(C(=O)NCCCNCCCN=C(N)N)n3)c(F)c2)C(=O)O1. The molecule has 1 aliphatic rings. The lowest BCUT2D eigenvalue weighted by Crippen LogP contribution is -2.33. The second-order valence-electron chi connectivity index (χ2n) is 8.65. The van der Waals surface area contributed by atoms with Crippen LogP contribution < -0.4 is 32.3 Å². The fraction of sp³-hybridized carbons (Fsp3) is 0.400. The van der Waals surface area contributed by atoms with Crippen LogP contribution in [0.4, 0.5) is 14.9 Å². The number of nitrogens with zero attached hydrogens (tertiary/aromatic N) is 3. The molecule has 2 heterocycles. The third kappa shape index (κ3) is 8.40. The Morgan fingerprint density at radius 3 is 2.68 bits per heavy atom. The van der Waals surface area contributed by atoms with E-state index >= 15 is 4.39 Å². The van der Waals surface area contributed by atoms with Gasteiger partial charge in [0.05, 0.1) is 24.5 Å². The van der Waals surface area contributed by atoms with E-state index in [0.717, 1.165) is 13.0 Å². The number of nitrogens with two attached hydrogens (primary N) is 2. The van der Waals surface area contributed by atoms with Gasteiger partial charge in [0.25, 0.3) is 5.91 Å². The number of aromatic nitrogens is 1. The van der Waals surface area contributed by atoms with Crippen molar-refractivity contribution in [1.29, 1.82) is 0 Å². The highest BCUT2D eigenvalue weighted by molar-refractivity contribution is 5.93. The van der Waals surface area contributed by atoms with Crippen molar-refractivity contribution in [2.24, 2.45) is 16.5 Å². The molecule has 12 nitrogen and oxygen atoms in total. The van der Waals surface area contributed by atoms with E-state index in [9.17, 15) is 14.4 Å². The van der Waals surface area contributed by atoms with Crippen LogP contribution in [0.3, 0.4) is 0 Å². The van der Waals surface area contributed by atoms with Gasteiger partial charge in [0.2, 0.25) is 5.91 Å². The van der Waals surface area contributed by atoms with Gasteiger partial charge in [-0.1, -0.05) is 6.07 Å². The zero-order valence-electron chi connectivity index (χ0n) is 21.2. The van der Waals surface area contributed by atoms with Gasteiger partial charge in [-0.15, -0.1) is 0 Å². The molecule has 13 heteroatoms. The average molecular weight is 529 g/mol. The van der Waals surface area contributed by atoms with Crippen molar-refractivity contribution in [3.05, 3.63) is 47.9 Å². The number of cyclic esters (lactones) is 1. The quantitative estimate of drug-likeness (QED) is 0.143. The number of halogens is 1. The van der Waals surface area contributed by atoms with Crippen molar-refractivity contribution in [1.82, 2.24) is 20.9 Å². The topological polar surface area (TPSA) is 177 Å². The molecule has 3 rings (SSSR count). The molecule has 1 atom stereocenters. The predicted octanol–water partition coefficient (Wildman–Crippen LogP) is 0.722. The molecule has 0 bridgehead atoms. The molecular formula is C25H33FN8O4.